The van der Waals surface area contributed by atoms with Crippen LogP contribution in [-0.4, -0.2) is 52.0 Å². The number of hydrogen-bond donors (Lipinski definition) is 1. The van der Waals surface area contributed by atoms with Gasteiger partial charge in [-0.05, 0) is 44.0 Å². The van der Waals surface area contributed by atoms with Crippen molar-refractivity contribution >= 4 is 10.0 Å². The highest BCUT2D eigenvalue weighted by molar-refractivity contribution is 7.89. The van der Waals surface area contributed by atoms with Crippen LogP contribution in [0, 0.1) is 0 Å². The van der Waals surface area contributed by atoms with Gasteiger partial charge in [0, 0.05) is 25.4 Å². The lowest BCUT2D eigenvalue weighted by Crippen LogP contribution is -2.28. The molecular weight excluding hydrogens is 330 g/mol. The molecule has 1 saturated heterocycles. The highest BCUT2D eigenvalue weighted by atomic mass is 32.2. The van der Waals surface area contributed by atoms with Crippen LogP contribution >= 0.6 is 0 Å². The summed E-state index contributed by atoms with van der Waals surface area (Å²) in [6.45, 7) is 4.83. The number of tetrazole rings is 1. The number of benzene rings is 1. The van der Waals surface area contributed by atoms with Crippen LogP contribution in [-0.2, 0) is 16.4 Å². The van der Waals surface area contributed by atoms with Crippen LogP contribution < -0.4 is 4.74 Å². The molecule has 2 aliphatic rings. The molecule has 0 radical (unpaired) electrons. The Bertz CT molecular complexity index is 863. The predicted molar refractivity (Wildman–Crippen MR) is 85.1 cm³/mol. The van der Waals surface area contributed by atoms with Gasteiger partial charge in [0.05, 0.1) is 4.90 Å². The molecule has 1 aromatic heterocycles. The van der Waals surface area contributed by atoms with Gasteiger partial charge in [0.1, 0.15) is 11.4 Å². The minimum Gasteiger partial charge on any atom is -0.487 e. The highest BCUT2D eigenvalue weighted by Gasteiger charge is 2.36. The molecule has 2 aromatic rings. The summed E-state index contributed by atoms with van der Waals surface area (Å²) in [5.41, 5.74) is 0.650. The number of hydrogen-bond acceptors (Lipinski definition) is 6. The minimum absolute atomic E-state index is 0.0183. The van der Waals surface area contributed by atoms with Gasteiger partial charge in [-0.25, -0.2) is 8.42 Å². The third-order valence-electron chi connectivity index (χ3n) is 4.55. The SMILES string of the molecule is CC1(C)Cc2cc(S(=O)(=O)N3CCC(c4nn[nH]n4)C3)ccc2O1. The van der Waals surface area contributed by atoms with Crippen LogP contribution in [0.2, 0.25) is 0 Å². The Kier molecular flexibility index (Phi) is 3.40. The van der Waals surface area contributed by atoms with E-state index in [2.05, 4.69) is 20.6 Å². The minimum atomic E-state index is -3.53. The zero-order valence-corrected chi connectivity index (χ0v) is 14.4. The van der Waals surface area contributed by atoms with E-state index in [-0.39, 0.29) is 11.5 Å². The molecule has 0 bridgehead atoms. The summed E-state index contributed by atoms with van der Waals surface area (Å²) in [5.74, 6) is 1.32. The summed E-state index contributed by atoms with van der Waals surface area (Å²) in [4.78, 5) is 0.316. The Labute approximate surface area is 140 Å². The van der Waals surface area contributed by atoms with E-state index in [1.54, 1.807) is 18.2 Å². The number of aromatic nitrogens is 4. The van der Waals surface area contributed by atoms with Gasteiger partial charge in [-0.2, -0.15) is 9.52 Å². The summed E-state index contributed by atoms with van der Waals surface area (Å²) in [5, 5.41) is 13.9. The molecule has 24 heavy (non-hydrogen) atoms. The van der Waals surface area contributed by atoms with Gasteiger partial charge >= 0.3 is 0 Å². The van der Waals surface area contributed by atoms with Gasteiger partial charge in [0.2, 0.25) is 10.0 Å². The smallest absolute Gasteiger partial charge is 0.243 e. The van der Waals surface area contributed by atoms with Crippen LogP contribution in [0.15, 0.2) is 23.1 Å². The second-order valence-corrected chi connectivity index (χ2v) is 8.86. The fraction of sp³-hybridized carbons (Fsp3) is 0.533. The maximum atomic E-state index is 12.9. The normalized spacial score (nSPS) is 23.2. The Hall–Kier alpha value is -2.00. The zero-order valence-electron chi connectivity index (χ0n) is 13.6. The molecule has 1 atom stereocenters. The van der Waals surface area contributed by atoms with Crippen molar-refractivity contribution in [3.05, 3.63) is 29.6 Å². The Morgan fingerprint density at radius 1 is 1.38 bits per heavy atom. The third kappa shape index (κ3) is 2.57. The quantitative estimate of drug-likeness (QED) is 0.890. The van der Waals surface area contributed by atoms with Gasteiger partial charge in [-0.15, -0.1) is 10.2 Å². The molecule has 0 spiro atoms. The number of rotatable bonds is 3. The van der Waals surface area contributed by atoms with E-state index in [0.29, 0.717) is 36.7 Å². The molecule has 1 unspecified atom stereocenters. The number of sulfonamides is 1. The molecule has 0 amide bonds. The van der Waals surface area contributed by atoms with Crippen molar-refractivity contribution in [2.75, 3.05) is 13.1 Å². The topological polar surface area (TPSA) is 101 Å². The van der Waals surface area contributed by atoms with Gasteiger partial charge in [0.15, 0.2) is 5.82 Å². The summed E-state index contributed by atoms with van der Waals surface area (Å²) in [7, 11) is -3.53. The third-order valence-corrected chi connectivity index (χ3v) is 6.41. The molecule has 1 fully saturated rings. The lowest BCUT2D eigenvalue weighted by atomic mass is 10.0. The lowest BCUT2D eigenvalue weighted by Gasteiger charge is -2.17. The van der Waals surface area contributed by atoms with Crippen LogP contribution in [0.25, 0.3) is 0 Å². The first-order valence-electron chi connectivity index (χ1n) is 7.91. The number of fused-ring (bicyclic) bond motifs is 1. The molecule has 0 aliphatic carbocycles. The van der Waals surface area contributed by atoms with E-state index in [1.807, 2.05) is 13.8 Å². The zero-order chi connectivity index (χ0) is 16.9. The standard InChI is InChI=1S/C15H19N5O3S/c1-15(2)8-11-7-12(3-4-13(11)23-15)24(21,22)20-6-5-10(9-20)14-16-18-19-17-14/h3-4,7,10H,5-6,8-9H2,1-2H3,(H,16,17,18,19). The molecule has 2 aliphatic heterocycles. The van der Waals surface area contributed by atoms with E-state index < -0.39 is 10.0 Å². The lowest BCUT2D eigenvalue weighted by molar-refractivity contribution is 0.138. The molecule has 1 aromatic carbocycles. The van der Waals surface area contributed by atoms with Gasteiger partial charge in [-0.3, -0.25) is 0 Å². The second-order valence-electron chi connectivity index (χ2n) is 6.93. The average molecular weight is 349 g/mol. The van der Waals surface area contributed by atoms with Crippen LogP contribution in [0.1, 0.15) is 37.6 Å². The summed E-state index contributed by atoms with van der Waals surface area (Å²) >= 11 is 0. The fourth-order valence-electron chi connectivity index (χ4n) is 3.40. The number of aromatic amines is 1. The first-order valence-corrected chi connectivity index (χ1v) is 9.35. The van der Waals surface area contributed by atoms with Crippen LogP contribution in [0.3, 0.4) is 0 Å². The first kappa shape index (κ1) is 15.5. The highest BCUT2D eigenvalue weighted by Crippen LogP contribution is 2.37. The number of nitrogens with one attached hydrogen (secondary N) is 1. The number of H-pyrrole nitrogens is 1. The monoisotopic (exact) mass is 349 g/mol. The van der Waals surface area contributed by atoms with Crippen molar-refractivity contribution in [1.82, 2.24) is 24.9 Å². The van der Waals surface area contributed by atoms with E-state index in [9.17, 15) is 8.42 Å². The average Bonchev–Trinajstić information content (AvgIpc) is 3.23. The molecule has 0 saturated carbocycles. The van der Waals surface area contributed by atoms with Crippen molar-refractivity contribution in [1.29, 1.82) is 0 Å². The van der Waals surface area contributed by atoms with E-state index in [4.69, 9.17) is 4.74 Å². The van der Waals surface area contributed by atoms with Crippen LogP contribution in [0.5, 0.6) is 5.75 Å². The Morgan fingerprint density at radius 3 is 2.96 bits per heavy atom. The Balaban J connectivity index is 1.58. The largest absolute Gasteiger partial charge is 0.487 e. The summed E-state index contributed by atoms with van der Waals surface area (Å²) < 4.78 is 33.2. The fourth-order valence-corrected chi connectivity index (χ4v) is 4.95. The van der Waals surface area contributed by atoms with E-state index in [0.717, 1.165) is 11.3 Å². The number of ether oxygens (including phenoxy) is 1. The second kappa shape index (κ2) is 5.25. The molecule has 1 N–H and O–H groups in total. The maximum Gasteiger partial charge on any atom is 0.243 e. The van der Waals surface area contributed by atoms with Crippen molar-refractivity contribution in [2.24, 2.45) is 0 Å². The van der Waals surface area contributed by atoms with Crippen LogP contribution in [0.4, 0.5) is 0 Å². The van der Waals surface area contributed by atoms with Gasteiger partial charge in [-0.1, -0.05) is 5.21 Å². The van der Waals surface area contributed by atoms with Crippen molar-refractivity contribution in [3.63, 3.8) is 0 Å². The predicted octanol–water partition coefficient (Wildman–Crippen LogP) is 1.09. The maximum absolute atomic E-state index is 12.9. The van der Waals surface area contributed by atoms with E-state index in [1.165, 1.54) is 4.31 Å². The number of nitrogens with zero attached hydrogens (tertiary/aromatic N) is 4. The Morgan fingerprint density at radius 2 is 2.21 bits per heavy atom. The van der Waals surface area contributed by atoms with Gasteiger partial charge < -0.3 is 4.74 Å². The molecule has 9 heteroatoms. The van der Waals surface area contributed by atoms with Crippen molar-refractivity contribution in [3.8, 4) is 5.75 Å². The molecule has 8 nitrogen and oxygen atoms in total. The summed E-state index contributed by atoms with van der Waals surface area (Å²) in [6.07, 6.45) is 1.40. The molecule has 3 heterocycles. The van der Waals surface area contributed by atoms with Crippen molar-refractivity contribution < 1.29 is 13.2 Å². The molecule has 4 rings (SSSR count). The first-order chi connectivity index (χ1) is 11.4. The van der Waals surface area contributed by atoms with Gasteiger partial charge in [0.25, 0.3) is 0 Å². The molecule has 128 valence electrons. The molecular formula is C15H19N5O3S. The van der Waals surface area contributed by atoms with Crippen molar-refractivity contribution in [2.45, 2.75) is 43.1 Å². The van der Waals surface area contributed by atoms with E-state index >= 15 is 0 Å². The summed E-state index contributed by atoms with van der Waals surface area (Å²) in [6, 6.07) is 5.11.